The van der Waals surface area contributed by atoms with Gasteiger partial charge in [0, 0.05) is 0 Å². The van der Waals surface area contributed by atoms with Crippen LogP contribution in [0.1, 0.15) is 21.5 Å². The van der Waals surface area contributed by atoms with Crippen molar-refractivity contribution in [2.24, 2.45) is 0 Å². The lowest BCUT2D eigenvalue weighted by Crippen LogP contribution is -1.99. The van der Waals surface area contributed by atoms with Crippen LogP contribution >= 0.6 is 11.3 Å². The fraction of sp³-hybridized carbons (Fsp3) is 0.133. The third-order valence-corrected chi connectivity index (χ3v) is 4.22. The van der Waals surface area contributed by atoms with Crippen LogP contribution < -0.4 is 4.74 Å². The van der Waals surface area contributed by atoms with Crippen molar-refractivity contribution < 1.29 is 14.6 Å². The number of fused-ring (bicyclic) bond motifs is 1. The van der Waals surface area contributed by atoms with Gasteiger partial charge >= 0.3 is 5.97 Å². The Labute approximate surface area is 124 Å². The maximum absolute atomic E-state index is 11.0. The number of aromatic nitrogens is 2. The molecular formula is C15H12N2O3S. The summed E-state index contributed by atoms with van der Waals surface area (Å²) in [6, 6.07) is 4.85. The zero-order valence-corrected chi connectivity index (χ0v) is 12.3. The molecule has 2 heterocycles. The first-order chi connectivity index (χ1) is 10.1. The topological polar surface area (TPSA) is 72.3 Å². The molecule has 2 aromatic heterocycles. The van der Waals surface area contributed by atoms with Gasteiger partial charge in [-0.3, -0.25) is 0 Å². The van der Waals surface area contributed by atoms with Gasteiger partial charge in [0.1, 0.15) is 16.8 Å². The largest absolute Gasteiger partial charge is 0.478 e. The van der Waals surface area contributed by atoms with E-state index < -0.39 is 5.97 Å². The number of carboxylic acid groups (broad SMARTS) is 1. The first-order valence-electron chi connectivity index (χ1n) is 6.27. The summed E-state index contributed by atoms with van der Waals surface area (Å²) < 4.78 is 6.67. The first-order valence-corrected chi connectivity index (χ1v) is 7.15. The van der Waals surface area contributed by atoms with Crippen LogP contribution in [0.25, 0.3) is 10.2 Å². The van der Waals surface area contributed by atoms with Crippen LogP contribution in [-0.4, -0.2) is 21.0 Å². The Morgan fingerprint density at radius 3 is 2.76 bits per heavy atom. The van der Waals surface area contributed by atoms with Gasteiger partial charge in [-0.25, -0.2) is 14.8 Å². The summed E-state index contributed by atoms with van der Waals surface area (Å²) in [7, 11) is 0. The van der Waals surface area contributed by atoms with Crippen LogP contribution in [0.15, 0.2) is 29.9 Å². The van der Waals surface area contributed by atoms with E-state index >= 15 is 0 Å². The lowest BCUT2D eigenvalue weighted by Gasteiger charge is -2.07. The highest BCUT2D eigenvalue weighted by molar-refractivity contribution is 7.17. The molecule has 0 radical (unpaired) electrons. The normalized spacial score (nSPS) is 10.8. The van der Waals surface area contributed by atoms with Crippen molar-refractivity contribution in [2.45, 2.75) is 13.8 Å². The Morgan fingerprint density at radius 2 is 2.05 bits per heavy atom. The second-order valence-corrected chi connectivity index (χ2v) is 5.54. The van der Waals surface area contributed by atoms with Crippen LogP contribution in [0.3, 0.4) is 0 Å². The molecule has 21 heavy (non-hydrogen) atoms. The van der Waals surface area contributed by atoms with Crippen molar-refractivity contribution in [1.82, 2.24) is 9.97 Å². The molecule has 106 valence electrons. The zero-order valence-electron chi connectivity index (χ0n) is 11.5. The second kappa shape index (κ2) is 5.14. The van der Waals surface area contributed by atoms with E-state index in [1.165, 1.54) is 23.7 Å². The quantitative estimate of drug-likeness (QED) is 0.796. The minimum Gasteiger partial charge on any atom is -0.478 e. The number of ether oxygens (including phenoxy) is 1. The lowest BCUT2D eigenvalue weighted by atomic mass is 10.1. The van der Waals surface area contributed by atoms with Crippen LogP contribution in [0.5, 0.6) is 11.6 Å². The number of hydrogen-bond acceptors (Lipinski definition) is 5. The van der Waals surface area contributed by atoms with Crippen LogP contribution in [0.2, 0.25) is 0 Å². The Hall–Kier alpha value is -2.47. The van der Waals surface area contributed by atoms with Gasteiger partial charge in [0.25, 0.3) is 0 Å². The molecule has 0 atom stereocenters. The van der Waals surface area contributed by atoms with Crippen molar-refractivity contribution in [2.75, 3.05) is 0 Å². The van der Waals surface area contributed by atoms with Gasteiger partial charge in [-0.1, -0.05) is 0 Å². The smallest absolute Gasteiger partial charge is 0.335 e. The van der Waals surface area contributed by atoms with Gasteiger partial charge in [0.15, 0.2) is 0 Å². The van der Waals surface area contributed by atoms with E-state index in [-0.39, 0.29) is 5.56 Å². The highest BCUT2D eigenvalue weighted by Crippen LogP contribution is 2.33. The highest BCUT2D eigenvalue weighted by atomic mass is 32.1. The van der Waals surface area contributed by atoms with Gasteiger partial charge in [0.2, 0.25) is 5.88 Å². The lowest BCUT2D eigenvalue weighted by molar-refractivity contribution is 0.0696. The standard InChI is InChI=1S/C15H12N2O3S/c1-8-5-10(3-4-11(8)15(18)19)20-14-13-12(16-7-17-14)9(2)6-21-13/h3-7H,1-2H3,(H,18,19). The molecule has 3 aromatic rings. The average Bonchev–Trinajstić information content (AvgIpc) is 2.81. The van der Waals surface area contributed by atoms with Gasteiger partial charge in [-0.05, 0) is 48.6 Å². The number of benzene rings is 1. The Kier molecular flexibility index (Phi) is 3.31. The summed E-state index contributed by atoms with van der Waals surface area (Å²) in [4.78, 5) is 19.4. The maximum Gasteiger partial charge on any atom is 0.335 e. The highest BCUT2D eigenvalue weighted by Gasteiger charge is 2.12. The van der Waals surface area contributed by atoms with Crippen LogP contribution in [0, 0.1) is 13.8 Å². The minimum atomic E-state index is -0.947. The molecule has 0 aliphatic carbocycles. The molecule has 5 nitrogen and oxygen atoms in total. The fourth-order valence-electron chi connectivity index (χ4n) is 2.07. The van der Waals surface area contributed by atoms with Gasteiger partial charge in [-0.15, -0.1) is 11.3 Å². The average molecular weight is 300 g/mol. The number of aromatic carboxylic acids is 1. The molecule has 0 bridgehead atoms. The number of aryl methyl sites for hydroxylation is 2. The fourth-order valence-corrected chi connectivity index (χ4v) is 3.00. The number of carboxylic acids is 1. The molecule has 1 aromatic carbocycles. The third kappa shape index (κ3) is 2.45. The zero-order chi connectivity index (χ0) is 15.0. The van der Waals surface area contributed by atoms with E-state index in [0.717, 1.165) is 15.8 Å². The van der Waals surface area contributed by atoms with E-state index in [2.05, 4.69) is 9.97 Å². The van der Waals surface area contributed by atoms with E-state index in [4.69, 9.17) is 9.84 Å². The Bertz CT molecular complexity index is 842. The molecule has 3 rings (SSSR count). The van der Waals surface area contributed by atoms with Crippen molar-refractivity contribution in [3.05, 3.63) is 46.6 Å². The van der Waals surface area contributed by atoms with E-state index in [1.54, 1.807) is 19.1 Å². The van der Waals surface area contributed by atoms with Gasteiger partial charge in [0.05, 0.1) is 11.1 Å². The molecule has 1 N–H and O–H groups in total. The summed E-state index contributed by atoms with van der Waals surface area (Å²) in [6.07, 6.45) is 1.47. The summed E-state index contributed by atoms with van der Waals surface area (Å²) >= 11 is 1.53. The summed E-state index contributed by atoms with van der Waals surface area (Å²) in [5.74, 6) is 0.0986. The second-order valence-electron chi connectivity index (χ2n) is 4.66. The Morgan fingerprint density at radius 1 is 1.24 bits per heavy atom. The summed E-state index contributed by atoms with van der Waals surface area (Å²) in [5.41, 5.74) is 2.87. The number of hydrogen-bond donors (Lipinski definition) is 1. The molecular weight excluding hydrogens is 288 g/mol. The van der Waals surface area contributed by atoms with E-state index in [0.29, 0.717) is 17.2 Å². The first kappa shape index (κ1) is 13.5. The maximum atomic E-state index is 11.0. The van der Waals surface area contributed by atoms with Gasteiger partial charge < -0.3 is 9.84 Å². The Balaban J connectivity index is 1.99. The van der Waals surface area contributed by atoms with Crippen molar-refractivity contribution in [3.63, 3.8) is 0 Å². The summed E-state index contributed by atoms with van der Waals surface area (Å²) in [5, 5.41) is 11.0. The molecule has 6 heteroatoms. The molecule has 0 saturated heterocycles. The van der Waals surface area contributed by atoms with Gasteiger partial charge in [-0.2, -0.15) is 0 Å². The number of nitrogens with zero attached hydrogens (tertiary/aromatic N) is 2. The molecule has 0 saturated carbocycles. The molecule has 0 aliphatic heterocycles. The van der Waals surface area contributed by atoms with E-state index in [9.17, 15) is 4.79 Å². The predicted molar refractivity (Wildman–Crippen MR) is 80.4 cm³/mol. The predicted octanol–water partition coefficient (Wildman–Crippen LogP) is 3.80. The number of thiophene rings is 1. The molecule has 0 fully saturated rings. The number of carbonyl (C=O) groups is 1. The molecule has 0 amide bonds. The van der Waals surface area contributed by atoms with Crippen molar-refractivity contribution in [1.29, 1.82) is 0 Å². The molecule has 0 aliphatic rings. The van der Waals surface area contributed by atoms with Crippen LogP contribution in [0.4, 0.5) is 0 Å². The molecule has 0 unspecified atom stereocenters. The minimum absolute atomic E-state index is 0.266. The SMILES string of the molecule is Cc1cc(Oc2ncnc3c(C)csc23)ccc1C(=O)O. The molecule has 0 spiro atoms. The monoisotopic (exact) mass is 300 g/mol. The van der Waals surface area contributed by atoms with Crippen LogP contribution in [-0.2, 0) is 0 Å². The summed E-state index contributed by atoms with van der Waals surface area (Å²) in [6.45, 7) is 3.72. The third-order valence-electron chi connectivity index (χ3n) is 3.14. The van der Waals surface area contributed by atoms with Crippen molar-refractivity contribution in [3.8, 4) is 11.6 Å². The van der Waals surface area contributed by atoms with E-state index in [1.807, 2.05) is 12.3 Å². The number of rotatable bonds is 3. The van der Waals surface area contributed by atoms with Crippen molar-refractivity contribution >= 4 is 27.5 Å².